The average Bonchev–Trinajstić information content (AvgIpc) is 2.47. The van der Waals surface area contributed by atoms with E-state index in [1.54, 1.807) is 18.2 Å². The van der Waals surface area contributed by atoms with Crippen molar-refractivity contribution in [3.8, 4) is 11.5 Å². The molecular weight excluding hydrogens is 310 g/mol. The smallest absolute Gasteiger partial charge is 0.298 e. The van der Waals surface area contributed by atoms with Gasteiger partial charge in [-0.15, -0.1) is 0 Å². The van der Waals surface area contributed by atoms with Gasteiger partial charge in [0.1, 0.15) is 23.1 Å². The van der Waals surface area contributed by atoms with E-state index in [4.69, 9.17) is 10.5 Å². The van der Waals surface area contributed by atoms with E-state index in [1.807, 2.05) is 0 Å². The molecule has 2 rings (SSSR count). The Bertz CT molecular complexity index is 802. The number of ether oxygens (including phenoxy) is 1. The van der Waals surface area contributed by atoms with Gasteiger partial charge in [-0.05, 0) is 6.07 Å². The van der Waals surface area contributed by atoms with Crippen molar-refractivity contribution < 1.29 is 27.6 Å². The van der Waals surface area contributed by atoms with Gasteiger partial charge in [-0.3, -0.25) is 15.1 Å². The second-order valence-corrected chi connectivity index (χ2v) is 5.69. The fourth-order valence-electron chi connectivity index (χ4n) is 1.88. The fourth-order valence-corrected chi connectivity index (χ4v) is 2.52. The summed E-state index contributed by atoms with van der Waals surface area (Å²) in [6, 6.07) is 9.76. The van der Waals surface area contributed by atoms with Crippen LogP contribution in [0.5, 0.6) is 11.5 Å². The van der Waals surface area contributed by atoms with E-state index in [0.29, 0.717) is 0 Å². The van der Waals surface area contributed by atoms with Crippen LogP contribution < -0.4 is 10.5 Å². The topological polar surface area (TPSA) is 127 Å². The molecule has 0 spiro atoms. The van der Waals surface area contributed by atoms with Crippen molar-refractivity contribution in [3.63, 3.8) is 0 Å². The van der Waals surface area contributed by atoms with Crippen LogP contribution >= 0.6 is 0 Å². The number of ketones is 1. The number of nitrogens with two attached hydrogens (primary N) is 1. The molecule has 4 N–H and O–H groups in total. The first kappa shape index (κ1) is 16.0. The third-order valence-electron chi connectivity index (χ3n) is 2.86. The predicted molar refractivity (Wildman–Crippen MR) is 77.5 cm³/mol. The molecule has 8 heteroatoms. The lowest BCUT2D eigenvalue weighted by atomic mass is 10.0. The summed E-state index contributed by atoms with van der Waals surface area (Å²) in [5, 5.41) is 9.92. The summed E-state index contributed by atoms with van der Waals surface area (Å²) < 4.78 is 36.9. The van der Waals surface area contributed by atoms with Gasteiger partial charge in [0.25, 0.3) is 10.1 Å². The highest BCUT2D eigenvalue weighted by Crippen LogP contribution is 2.32. The van der Waals surface area contributed by atoms with Gasteiger partial charge < -0.3 is 9.84 Å². The number of aromatic hydroxyl groups is 1. The van der Waals surface area contributed by atoms with E-state index in [-0.39, 0.29) is 23.6 Å². The monoisotopic (exact) mass is 323 g/mol. The SMILES string of the molecule is NCOc1cc(O)c(C(=O)c2ccccc2)cc1S(=O)(=O)O. The van der Waals surface area contributed by atoms with Gasteiger partial charge >= 0.3 is 0 Å². The molecule has 0 amide bonds. The number of hydrogen-bond donors (Lipinski definition) is 3. The zero-order valence-electron chi connectivity index (χ0n) is 11.3. The minimum atomic E-state index is -4.65. The van der Waals surface area contributed by atoms with Crippen LogP contribution in [-0.2, 0) is 10.1 Å². The van der Waals surface area contributed by atoms with Crippen LogP contribution in [0.1, 0.15) is 15.9 Å². The summed E-state index contributed by atoms with van der Waals surface area (Å²) in [4.78, 5) is 11.7. The summed E-state index contributed by atoms with van der Waals surface area (Å²) in [6.07, 6.45) is 0. The molecule has 0 aromatic heterocycles. The summed E-state index contributed by atoms with van der Waals surface area (Å²) >= 11 is 0. The van der Waals surface area contributed by atoms with Crippen LogP contribution in [-0.4, -0.2) is 30.6 Å². The Labute approximate surface area is 126 Å². The number of phenolic OH excluding ortho intramolecular Hbond substituents is 1. The molecule has 0 saturated carbocycles. The molecule has 0 unspecified atom stereocenters. The van der Waals surface area contributed by atoms with Crippen molar-refractivity contribution in [1.82, 2.24) is 0 Å². The Kier molecular flexibility index (Phi) is 4.45. The van der Waals surface area contributed by atoms with Crippen molar-refractivity contribution in [2.75, 3.05) is 6.73 Å². The summed E-state index contributed by atoms with van der Waals surface area (Å²) in [5.41, 5.74) is 5.15. The van der Waals surface area contributed by atoms with Crippen LogP contribution in [0.25, 0.3) is 0 Å². The van der Waals surface area contributed by atoms with Gasteiger partial charge in [0.05, 0.1) is 5.56 Å². The molecule has 7 nitrogen and oxygen atoms in total. The molecule has 0 heterocycles. The largest absolute Gasteiger partial charge is 0.507 e. The van der Waals surface area contributed by atoms with Crippen LogP contribution in [0.3, 0.4) is 0 Å². The first-order valence-corrected chi connectivity index (χ1v) is 7.55. The zero-order chi connectivity index (χ0) is 16.3. The van der Waals surface area contributed by atoms with E-state index in [9.17, 15) is 22.9 Å². The molecule has 0 aliphatic carbocycles. The standard InChI is InChI=1S/C14H13NO6S/c15-8-21-12-7-11(16)10(6-13(12)22(18,19)20)14(17)9-4-2-1-3-5-9/h1-7,16H,8,15H2,(H,18,19,20). The third-order valence-corrected chi connectivity index (χ3v) is 3.73. The lowest BCUT2D eigenvalue weighted by Crippen LogP contribution is -2.12. The van der Waals surface area contributed by atoms with Crippen LogP contribution in [0, 0.1) is 0 Å². The number of hydrogen-bond acceptors (Lipinski definition) is 6. The maximum Gasteiger partial charge on any atom is 0.298 e. The molecule has 0 fully saturated rings. The van der Waals surface area contributed by atoms with Crippen molar-refractivity contribution in [3.05, 3.63) is 53.6 Å². The summed E-state index contributed by atoms with van der Waals surface area (Å²) in [6.45, 7) is -0.367. The highest BCUT2D eigenvalue weighted by Gasteiger charge is 2.23. The number of phenols is 1. The average molecular weight is 323 g/mol. The lowest BCUT2D eigenvalue weighted by molar-refractivity contribution is 0.103. The molecule has 2 aromatic rings. The number of carbonyl (C=O) groups excluding carboxylic acids is 1. The van der Waals surface area contributed by atoms with Gasteiger partial charge in [-0.25, -0.2) is 0 Å². The van der Waals surface area contributed by atoms with E-state index in [0.717, 1.165) is 12.1 Å². The molecule has 0 atom stereocenters. The fraction of sp³-hybridized carbons (Fsp3) is 0.0714. The van der Waals surface area contributed by atoms with Gasteiger partial charge in [-0.1, -0.05) is 30.3 Å². The second kappa shape index (κ2) is 6.14. The Balaban J connectivity index is 2.61. The first-order valence-electron chi connectivity index (χ1n) is 6.11. The predicted octanol–water partition coefficient (Wildman–Crippen LogP) is 1.16. The quantitative estimate of drug-likeness (QED) is 0.428. The first-order chi connectivity index (χ1) is 10.3. The second-order valence-electron chi connectivity index (χ2n) is 4.30. The molecule has 0 saturated heterocycles. The van der Waals surface area contributed by atoms with Gasteiger partial charge in [-0.2, -0.15) is 8.42 Å². The van der Waals surface area contributed by atoms with Crippen molar-refractivity contribution in [2.24, 2.45) is 5.73 Å². The number of rotatable bonds is 5. The highest BCUT2D eigenvalue weighted by atomic mass is 32.2. The molecule has 0 aliphatic rings. The number of carbonyl (C=O) groups is 1. The van der Waals surface area contributed by atoms with Crippen molar-refractivity contribution in [2.45, 2.75) is 4.90 Å². The van der Waals surface area contributed by atoms with E-state index in [2.05, 4.69) is 0 Å². The highest BCUT2D eigenvalue weighted by molar-refractivity contribution is 7.86. The maximum atomic E-state index is 12.3. The molecule has 22 heavy (non-hydrogen) atoms. The number of benzene rings is 2. The Morgan fingerprint density at radius 3 is 2.36 bits per heavy atom. The van der Waals surface area contributed by atoms with Crippen LogP contribution in [0.4, 0.5) is 0 Å². The van der Waals surface area contributed by atoms with E-state index >= 15 is 0 Å². The van der Waals surface area contributed by atoms with E-state index in [1.165, 1.54) is 12.1 Å². The minimum absolute atomic E-state index is 0.256. The molecule has 0 radical (unpaired) electrons. The molecule has 0 aliphatic heterocycles. The molecular formula is C14H13NO6S. The van der Waals surface area contributed by atoms with Crippen molar-refractivity contribution in [1.29, 1.82) is 0 Å². The molecule has 116 valence electrons. The van der Waals surface area contributed by atoms with Crippen LogP contribution in [0.15, 0.2) is 47.4 Å². The summed E-state index contributed by atoms with van der Waals surface area (Å²) in [5.74, 6) is -1.42. The Morgan fingerprint density at radius 2 is 1.82 bits per heavy atom. The van der Waals surface area contributed by atoms with E-state index < -0.39 is 26.5 Å². The van der Waals surface area contributed by atoms with Gasteiger partial charge in [0.2, 0.25) is 0 Å². The molecule has 0 bridgehead atoms. The summed E-state index contributed by atoms with van der Waals surface area (Å²) in [7, 11) is -4.65. The Morgan fingerprint density at radius 1 is 1.18 bits per heavy atom. The minimum Gasteiger partial charge on any atom is -0.507 e. The van der Waals surface area contributed by atoms with Crippen LogP contribution in [0.2, 0.25) is 0 Å². The van der Waals surface area contributed by atoms with Gasteiger partial charge in [0, 0.05) is 11.6 Å². The molecule has 2 aromatic carbocycles. The normalized spacial score (nSPS) is 11.2. The zero-order valence-corrected chi connectivity index (χ0v) is 12.1. The van der Waals surface area contributed by atoms with Gasteiger partial charge in [0.15, 0.2) is 5.78 Å². The lowest BCUT2D eigenvalue weighted by Gasteiger charge is -2.11. The third kappa shape index (κ3) is 3.25. The Hall–Kier alpha value is -2.42. The maximum absolute atomic E-state index is 12.3. The van der Waals surface area contributed by atoms with Crippen molar-refractivity contribution >= 4 is 15.9 Å².